The molecule has 0 aromatic heterocycles. The maximum absolute atomic E-state index is 11.5. The molecule has 4 heteroatoms. The lowest BCUT2D eigenvalue weighted by Crippen LogP contribution is -2.44. The fourth-order valence-electron chi connectivity index (χ4n) is 1.90. The molecule has 3 unspecified atom stereocenters. The summed E-state index contributed by atoms with van der Waals surface area (Å²) in [6, 6.07) is 0.337. The smallest absolute Gasteiger partial charge is 0.220 e. The predicted molar refractivity (Wildman–Crippen MR) is 59.5 cm³/mol. The van der Waals surface area contributed by atoms with Gasteiger partial charge in [-0.2, -0.15) is 0 Å². The van der Waals surface area contributed by atoms with Crippen LogP contribution in [0, 0.1) is 0 Å². The average Bonchev–Trinajstić information content (AvgIpc) is 2.61. The van der Waals surface area contributed by atoms with Crippen molar-refractivity contribution in [1.82, 2.24) is 5.32 Å². The number of methoxy groups -OCH3 is 1. The lowest BCUT2D eigenvalue weighted by atomic mass is 10.1. The Morgan fingerprint density at radius 2 is 2.33 bits per heavy atom. The Hall–Kier alpha value is -0.610. The number of carbonyl (C=O) groups excluding carboxylic acids is 1. The maximum Gasteiger partial charge on any atom is 0.220 e. The van der Waals surface area contributed by atoms with E-state index >= 15 is 0 Å². The summed E-state index contributed by atoms with van der Waals surface area (Å²) >= 11 is 0. The van der Waals surface area contributed by atoms with Gasteiger partial charge < -0.3 is 15.8 Å². The van der Waals surface area contributed by atoms with Crippen molar-refractivity contribution in [3.8, 4) is 0 Å². The molecule has 0 radical (unpaired) electrons. The summed E-state index contributed by atoms with van der Waals surface area (Å²) in [4.78, 5) is 11.5. The molecule has 1 amide bonds. The zero-order chi connectivity index (χ0) is 11.3. The molecule has 1 rings (SSSR count). The van der Waals surface area contributed by atoms with E-state index in [1.165, 1.54) is 0 Å². The summed E-state index contributed by atoms with van der Waals surface area (Å²) in [5.74, 6) is 0.0984. The van der Waals surface area contributed by atoms with Crippen molar-refractivity contribution in [3.05, 3.63) is 0 Å². The van der Waals surface area contributed by atoms with E-state index in [0.29, 0.717) is 6.42 Å². The van der Waals surface area contributed by atoms with Crippen LogP contribution in [0.3, 0.4) is 0 Å². The summed E-state index contributed by atoms with van der Waals surface area (Å²) < 4.78 is 5.09. The first-order chi connectivity index (χ1) is 7.13. The van der Waals surface area contributed by atoms with Gasteiger partial charge in [0.1, 0.15) is 0 Å². The lowest BCUT2D eigenvalue weighted by molar-refractivity contribution is -0.122. The minimum atomic E-state index is 0.0984. The molecule has 0 aliphatic heterocycles. The fourth-order valence-corrected chi connectivity index (χ4v) is 1.90. The molecule has 15 heavy (non-hydrogen) atoms. The molecular formula is C11H22N2O2. The second-order valence-corrected chi connectivity index (χ2v) is 4.35. The number of amides is 1. The summed E-state index contributed by atoms with van der Waals surface area (Å²) in [5, 5.41) is 2.99. The monoisotopic (exact) mass is 214 g/mol. The molecule has 1 fully saturated rings. The first kappa shape index (κ1) is 12.5. The second-order valence-electron chi connectivity index (χ2n) is 4.35. The summed E-state index contributed by atoms with van der Waals surface area (Å²) in [5.41, 5.74) is 5.87. The Balaban J connectivity index is 2.18. The van der Waals surface area contributed by atoms with E-state index in [-0.39, 0.29) is 24.1 Å². The zero-order valence-electron chi connectivity index (χ0n) is 9.66. The maximum atomic E-state index is 11.5. The molecule has 0 heterocycles. The Labute approximate surface area is 91.5 Å². The highest BCUT2D eigenvalue weighted by molar-refractivity contribution is 5.76. The van der Waals surface area contributed by atoms with Crippen LogP contribution in [0.25, 0.3) is 0 Å². The number of hydrogen-bond acceptors (Lipinski definition) is 3. The first-order valence-corrected chi connectivity index (χ1v) is 5.71. The van der Waals surface area contributed by atoms with Gasteiger partial charge in [0.2, 0.25) is 5.91 Å². The standard InChI is InChI=1S/C11H22N2O2/c1-8(15-2)6-7-11(14)13-10-5-3-4-9(10)12/h8-10H,3-7,12H2,1-2H3,(H,13,14). The molecule has 1 aliphatic rings. The van der Waals surface area contributed by atoms with Gasteiger partial charge in [-0.25, -0.2) is 0 Å². The highest BCUT2D eigenvalue weighted by atomic mass is 16.5. The van der Waals surface area contributed by atoms with Crippen molar-refractivity contribution in [2.75, 3.05) is 7.11 Å². The van der Waals surface area contributed by atoms with E-state index in [9.17, 15) is 4.79 Å². The van der Waals surface area contributed by atoms with Crippen LogP contribution in [0.15, 0.2) is 0 Å². The van der Waals surface area contributed by atoms with Gasteiger partial charge in [-0.05, 0) is 32.6 Å². The van der Waals surface area contributed by atoms with Gasteiger partial charge >= 0.3 is 0 Å². The molecule has 3 N–H and O–H groups in total. The minimum Gasteiger partial charge on any atom is -0.382 e. The molecule has 88 valence electrons. The predicted octanol–water partition coefficient (Wildman–Crippen LogP) is 0.797. The van der Waals surface area contributed by atoms with Crippen molar-refractivity contribution in [2.24, 2.45) is 5.73 Å². The van der Waals surface area contributed by atoms with E-state index in [4.69, 9.17) is 10.5 Å². The van der Waals surface area contributed by atoms with Crippen molar-refractivity contribution in [2.45, 2.75) is 57.2 Å². The molecule has 0 spiro atoms. The molecule has 1 aliphatic carbocycles. The van der Waals surface area contributed by atoms with E-state index in [1.54, 1.807) is 7.11 Å². The zero-order valence-corrected chi connectivity index (χ0v) is 9.66. The van der Waals surface area contributed by atoms with Crippen molar-refractivity contribution >= 4 is 5.91 Å². The van der Waals surface area contributed by atoms with Crippen molar-refractivity contribution in [1.29, 1.82) is 0 Å². The van der Waals surface area contributed by atoms with Gasteiger partial charge in [0, 0.05) is 25.6 Å². The van der Waals surface area contributed by atoms with E-state index in [0.717, 1.165) is 25.7 Å². The average molecular weight is 214 g/mol. The first-order valence-electron chi connectivity index (χ1n) is 5.71. The minimum absolute atomic E-state index is 0.0984. The number of carbonyl (C=O) groups is 1. The fraction of sp³-hybridized carbons (Fsp3) is 0.909. The topological polar surface area (TPSA) is 64.3 Å². The SMILES string of the molecule is COC(C)CCC(=O)NC1CCCC1N. The molecule has 0 saturated heterocycles. The largest absolute Gasteiger partial charge is 0.382 e. The van der Waals surface area contributed by atoms with Gasteiger partial charge in [0.05, 0.1) is 6.10 Å². The second kappa shape index (κ2) is 6.08. The Kier molecular flexibility index (Phi) is 5.05. The van der Waals surface area contributed by atoms with Crippen LogP contribution < -0.4 is 11.1 Å². The lowest BCUT2D eigenvalue weighted by Gasteiger charge is -2.17. The van der Waals surface area contributed by atoms with Crippen LogP contribution in [0.1, 0.15) is 39.0 Å². The summed E-state index contributed by atoms with van der Waals surface area (Å²) in [7, 11) is 1.66. The highest BCUT2D eigenvalue weighted by Crippen LogP contribution is 2.17. The normalized spacial score (nSPS) is 27.7. The highest BCUT2D eigenvalue weighted by Gasteiger charge is 2.24. The van der Waals surface area contributed by atoms with Crippen LogP contribution in [0.5, 0.6) is 0 Å². The molecule has 1 saturated carbocycles. The molecule has 0 bridgehead atoms. The molecule has 4 nitrogen and oxygen atoms in total. The molecule has 0 aromatic carbocycles. The van der Waals surface area contributed by atoms with E-state index in [2.05, 4.69) is 5.32 Å². The van der Waals surface area contributed by atoms with Crippen LogP contribution in [0.4, 0.5) is 0 Å². The van der Waals surface area contributed by atoms with Crippen molar-refractivity contribution < 1.29 is 9.53 Å². The summed E-state index contributed by atoms with van der Waals surface area (Å²) in [6.45, 7) is 1.97. The van der Waals surface area contributed by atoms with Crippen molar-refractivity contribution in [3.63, 3.8) is 0 Å². The van der Waals surface area contributed by atoms with E-state index < -0.39 is 0 Å². The molecule has 3 atom stereocenters. The summed E-state index contributed by atoms with van der Waals surface area (Å²) in [6.07, 6.45) is 4.61. The number of nitrogens with one attached hydrogen (secondary N) is 1. The van der Waals surface area contributed by atoms with Gasteiger partial charge in [-0.1, -0.05) is 0 Å². The van der Waals surface area contributed by atoms with Gasteiger partial charge in [0.15, 0.2) is 0 Å². The third kappa shape index (κ3) is 4.18. The van der Waals surface area contributed by atoms with Crippen LogP contribution in [-0.2, 0) is 9.53 Å². The number of nitrogens with two attached hydrogens (primary N) is 1. The number of rotatable bonds is 5. The Morgan fingerprint density at radius 3 is 2.87 bits per heavy atom. The number of ether oxygens (including phenoxy) is 1. The van der Waals surface area contributed by atoms with Crippen LogP contribution in [0.2, 0.25) is 0 Å². The van der Waals surface area contributed by atoms with Crippen LogP contribution in [-0.4, -0.2) is 31.2 Å². The van der Waals surface area contributed by atoms with Gasteiger partial charge in [-0.3, -0.25) is 4.79 Å². The van der Waals surface area contributed by atoms with Gasteiger partial charge in [-0.15, -0.1) is 0 Å². The Morgan fingerprint density at radius 1 is 1.60 bits per heavy atom. The van der Waals surface area contributed by atoms with Crippen LogP contribution >= 0.6 is 0 Å². The van der Waals surface area contributed by atoms with Gasteiger partial charge in [0.25, 0.3) is 0 Å². The Bertz CT molecular complexity index is 209. The third-order valence-corrected chi connectivity index (χ3v) is 3.10. The quantitative estimate of drug-likeness (QED) is 0.711. The van der Waals surface area contributed by atoms with E-state index in [1.807, 2.05) is 6.92 Å². The number of hydrogen-bond donors (Lipinski definition) is 2. The molecule has 0 aromatic rings. The molecular weight excluding hydrogens is 192 g/mol. The third-order valence-electron chi connectivity index (χ3n) is 3.10.